The van der Waals surface area contributed by atoms with E-state index in [2.05, 4.69) is 90.4 Å². The third-order valence-corrected chi connectivity index (χ3v) is 9.56. The van der Waals surface area contributed by atoms with Crippen molar-refractivity contribution in [3.8, 4) is 33.6 Å². The van der Waals surface area contributed by atoms with Crippen LogP contribution in [0.1, 0.15) is 0 Å². The smallest absolute Gasteiger partial charge is 0.195 e. The number of nitrogens with zero attached hydrogens (tertiary/aromatic N) is 5. The highest BCUT2D eigenvalue weighted by atomic mass is 15.0. The van der Waals surface area contributed by atoms with E-state index < -0.39 is 0 Å². The first-order chi connectivity index (χ1) is 24.7. The zero-order valence-electron chi connectivity index (χ0n) is 26.7. The molecule has 5 heteroatoms. The zero-order chi connectivity index (χ0) is 33.8. The van der Waals surface area contributed by atoms with Crippen molar-refractivity contribution in [2.24, 2.45) is 0 Å². The summed E-state index contributed by atoms with van der Waals surface area (Å²) in [4.78, 5) is 11.3. The molecule has 0 aliphatic rings. The number of hydrogen-bond donors (Lipinski definition) is 0. The predicted molar refractivity (Wildman–Crippen MR) is 205 cm³/mol. The molecule has 2 aromatic heterocycles. The van der Waals surface area contributed by atoms with Gasteiger partial charge in [0.05, 0.1) is 47.5 Å². The van der Waals surface area contributed by atoms with E-state index in [0.717, 1.165) is 77.2 Å². The summed E-state index contributed by atoms with van der Waals surface area (Å²) in [5, 5.41) is 4.26. The van der Waals surface area contributed by atoms with Gasteiger partial charge >= 0.3 is 0 Å². The Hall–Kier alpha value is -7.39. The molecule has 230 valence electrons. The van der Waals surface area contributed by atoms with Gasteiger partial charge in [0.1, 0.15) is 0 Å². The molecule has 0 atom stereocenters. The summed E-state index contributed by atoms with van der Waals surface area (Å²) in [6.45, 7) is 23.3. The standard InChI is InChI=1S/C45H25N5/c1-46-31-20-23-44-38(27-31)35-14-5-7-16-41(35)49(44)33-12-10-11-29(25-33)30-19-22-40(48-3)37(26-30)34-13-4-8-17-42(34)50-43-18-9-6-15-36(43)39-28-32(47-2)21-24-45(39)50/h4-28H. The zero-order valence-corrected chi connectivity index (χ0v) is 26.7. The van der Waals surface area contributed by atoms with Crippen LogP contribution < -0.4 is 0 Å². The van der Waals surface area contributed by atoms with E-state index >= 15 is 0 Å². The van der Waals surface area contributed by atoms with E-state index in [1.165, 1.54) is 0 Å². The molecule has 50 heavy (non-hydrogen) atoms. The highest BCUT2D eigenvalue weighted by Gasteiger charge is 2.19. The second-order valence-electron chi connectivity index (χ2n) is 12.2. The van der Waals surface area contributed by atoms with Crippen LogP contribution in [-0.4, -0.2) is 9.13 Å². The van der Waals surface area contributed by atoms with Gasteiger partial charge in [-0.25, -0.2) is 14.5 Å². The lowest BCUT2D eigenvalue weighted by atomic mass is 9.96. The Morgan fingerprint density at radius 1 is 0.380 bits per heavy atom. The van der Waals surface area contributed by atoms with Gasteiger partial charge in [-0.3, -0.25) is 0 Å². The van der Waals surface area contributed by atoms with E-state index in [1.807, 2.05) is 84.9 Å². The van der Waals surface area contributed by atoms with Crippen LogP contribution in [0.4, 0.5) is 17.1 Å². The molecule has 0 saturated heterocycles. The molecule has 2 heterocycles. The number of aromatic nitrogens is 2. The lowest BCUT2D eigenvalue weighted by Crippen LogP contribution is -1.97. The SMILES string of the molecule is [C-]#[N+]c1ccc2c(c1)c1ccccc1n2-c1cccc(-c2ccc([N+]#[C-])c(-c3ccccc3-n3c4ccccc4c4cc([N+]#[C-])ccc43)c2)c1. The Morgan fingerprint density at radius 2 is 0.960 bits per heavy atom. The summed E-state index contributed by atoms with van der Waals surface area (Å²) in [7, 11) is 0. The second kappa shape index (κ2) is 11.4. The van der Waals surface area contributed by atoms with Gasteiger partial charge in [-0.05, 0) is 87.6 Å². The van der Waals surface area contributed by atoms with E-state index in [-0.39, 0.29) is 0 Å². The molecule has 0 saturated carbocycles. The molecular formula is C45H25N5. The lowest BCUT2D eigenvalue weighted by molar-refractivity contribution is 1.18. The maximum atomic E-state index is 8.14. The summed E-state index contributed by atoms with van der Waals surface area (Å²) < 4.78 is 4.50. The Balaban J connectivity index is 1.23. The van der Waals surface area contributed by atoms with Crippen LogP contribution in [0.5, 0.6) is 0 Å². The number of fused-ring (bicyclic) bond motifs is 6. The van der Waals surface area contributed by atoms with Crippen LogP contribution >= 0.6 is 0 Å². The highest BCUT2D eigenvalue weighted by Crippen LogP contribution is 2.42. The largest absolute Gasteiger partial charge is 0.309 e. The molecule has 0 aliphatic heterocycles. The third-order valence-electron chi connectivity index (χ3n) is 9.56. The van der Waals surface area contributed by atoms with Crippen LogP contribution in [0.15, 0.2) is 152 Å². The Bertz CT molecular complexity index is 2970. The third kappa shape index (κ3) is 4.38. The molecular weight excluding hydrogens is 611 g/mol. The van der Waals surface area contributed by atoms with E-state index in [1.54, 1.807) is 0 Å². The summed E-state index contributed by atoms with van der Waals surface area (Å²) >= 11 is 0. The van der Waals surface area contributed by atoms with Crippen LogP contribution in [-0.2, 0) is 0 Å². The van der Waals surface area contributed by atoms with Gasteiger partial charge in [-0.2, -0.15) is 0 Å². The molecule has 0 bridgehead atoms. The fraction of sp³-hybridized carbons (Fsp3) is 0. The Kier molecular flexibility index (Phi) is 6.56. The quantitative estimate of drug-likeness (QED) is 0.172. The van der Waals surface area contributed by atoms with Crippen molar-refractivity contribution in [1.29, 1.82) is 0 Å². The minimum atomic E-state index is 0.575. The molecule has 5 nitrogen and oxygen atoms in total. The van der Waals surface area contributed by atoms with Gasteiger partial charge in [0.25, 0.3) is 0 Å². The molecule has 0 aliphatic carbocycles. The van der Waals surface area contributed by atoms with Crippen molar-refractivity contribution >= 4 is 60.7 Å². The number of benzene rings is 7. The molecule has 0 spiro atoms. The lowest BCUT2D eigenvalue weighted by Gasteiger charge is -2.16. The maximum absolute atomic E-state index is 8.14. The Labute approximate surface area is 288 Å². The summed E-state index contributed by atoms with van der Waals surface area (Å²) in [6.07, 6.45) is 0. The van der Waals surface area contributed by atoms with Crippen LogP contribution in [0.2, 0.25) is 0 Å². The van der Waals surface area contributed by atoms with Crippen LogP contribution in [0.3, 0.4) is 0 Å². The Morgan fingerprint density at radius 3 is 1.64 bits per heavy atom. The van der Waals surface area contributed by atoms with E-state index in [4.69, 9.17) is 19.7 Å². The van der Waals surface area contributed by atoms with E-state index in [0.29, 0.717) is 17.1 Å². The molecule has 0 fully saturated rings. The van der Waals surface area contributed by atoms with Crippen molar-refractivity contribution in [3.05, 3.63) is 186 Å². The van der Waals surface area contributed by atoms with Crippen molar-refractivity contribution in [3.63, 3.8) is 0 Å². The predicted octanol–water partition coefficient (Wildman–Crippen LogP) is 12.9. The molecule has 9 rings (SSSR count). The van der Waals surface area contributed by atoms with Gasteiger partial charge in [-0.15, -0.1) is 0 Å². The summed E-state index contributed by atoms with van der Waals surface area (Å²) in [6, 6.07) is 51.1. The molecule has 0 amide bonds. The minimum Gasteiger partial charge on any atom is -0.309 e. The molecule has 9 aromatic rings. The van der Waals surface area contributed by atoms with Crippen LogP contribution in [0, 0.1) is 19.7 Å². The highest BCUT2D eigenvalue weighted by molar-refractivity contribution is 6.12. The van der Waals surface area contributed by atoms with Crippen molar-refractivity contribution < 1.29 is 0 Å². The van der Waals surface area contributed by atoms with Crippen molar-refractivity contribution in [2.75, 3.05) is 0 Å². The summed E-state index contributed by atoms with van der Waals surface area (Å²) in [5.41, 5.74) is 11.8. The minimum absolute atomic E-state index is 0.575. The molecule has 7 aromatic carbocycles. The number of hydrogen-bond acceptors (Lipinski definition) is 0. The average molecular weight is 636 g/mol. The monoisotopic (exact) mass is 635 g/mol. The van der Waals surface area contributed by atoms with Gasteiger partial charge in [0.2, 0.25) is 0 Å². The first-order valence-electron chi connectivity index (χ1n) is 16.2. The molecule has 0 N–H and O–H groups in total. The maximum Gasteiger partial charge on any atom is 0.195 e. The first-order valence-corrected chi connectivity index (χ1v) is 16.2. The topological polar surface area (TPSA) is 22.9 Å². The second-order valence-corrected chi connectivity index (χ2v) is 12.2. The average Bonchev–Trinajstić information content (AvgIpc) is 3.69. The molecule has 0 radical (unpaired) electrons. The van der Waals surface area contributed by atoms with Crippen molar-refractivity contribution in [1.82, 2.24) is 9.13 Å². The number of rotatable bonds is 4. The number of para-hydroxylation sites is 3. The van der Waals surface area contributed by atoms with Gasteiger partial charge in [0, 0.05) is 16.5 Å². The summed E-state index contributed by atoms with van der Waals surface area (Å²) in [5.74, 6) is 0. The first kappa shape index (κ1) is 28.8. The van der Waals surface area contributed by atoms with Gasteiger partial charge in [-0.1, -0.05) is 97.1 Å². The molecule has 0 unspecified atom stereocenters. The van der Waals surface area contributed by atoms with Crippen LogP contribution in [0.25, 0.3) is 91.8 Å². The van der Waals surface area contributed by atoms with Gasteiger partial charge < -0.3 is 9.13 Å². The normalized spacial score (nSPS) is 11.1. The van der Waals surface area contributed by atoms with Gasteiger partial charge in [0.15, 0.2) is 17.1 Å². The fourth-order valence-corrected chi connectivity index (χ4v) is 7.35. The van der Waals surface area contributed by atoms with Crippen molar-refractivity contribution in [2.45, 2.75) is 0 Å². The van der Waals surface area contributed by atoms with E-state index in [9.17, 15) is 0 Å². The fourth-order valence-electron chi connectivity index (χ4n) is 7.35.